The van der Waals surface area contributed by atoms with Gasteiger partial charge in [-0.15, -0.1) is 0 Å². The number of halogens is 6. The van der Waals surface area contributed by atoms with E-state index in [-0.39, 0.29) is 5.69 Å². The molecular weight excluding hydrogens is 270 g/mol. The molecule has 9 heteroatoms. The van der Waals surface area contributed by atoms with Gasteiger partial charge in [-0.05, 0) is 30.0 Å². The van der Waals surface area contributed by atoms with Gasteiger partial charge < -0.3 is 5.43 Å². The lowest BCUT2D eigenvalue weighted by atomic mass is 10.2. The van der Waals surface area contributed by atoms with Crippen molar-refractivity contribution in [2.75, 3.05) is 5.43 Å². The summed E-state index contributed by atoms with van der Waals surface area (Å²) in [5.41, 5.74) is -4.16. The zero-order valence-electron chi connectivity index (χ0n) is 7.99. The van der Waals surface area contributed by atoms with Gasteiger partial charge in [0.05, 0.1) is 11.3 Å². The van der Waals surface area contributed by atoms with Gasteiger partial charge >= 0.3 is 11.7 Å². The topological polar surface area (TPSA) is 38.0 Å². The van der Waals surface area contributed by atoms with Crippen LogP contribution in [0.2, 0.25) is 0 Å². The lowest BCUT2D eigenvalue weighted by molar-refractivity contribution is -0.137. The molecule has 0 atom stereocenters. The van der Waals surface area contributed by atoms with Crippen LogP contribution in [0.15, 0.2) is 23.1 Å². The zero-order valence-corrected chi connectivity index (χ0v) is 8.80. The summed E-state index contributed by atoms with van der Waals surface area (Å²) in [7, 11) is 0. The van der Waals surface area contributed by atoms with Crippen molar-refractivity contribution < 1.29 is 26.3 Å². The summed E-state index contributed by atoms with van der Waals surface area (Å²) >= 11 is -0.660. The van der Waals surface area contributed by atoms with Gasteiger partial charge in [-0.1, -0.05) is 0 Å². The van der Waals surface area contributed by atoms with Crippen LogP contribution in [0, 0.1) is 0 Å². The fourth-order valence-electron chi connectivity index (χ4n) is 1.03. The molecule has 0 saturated carbocycles. The number of hydrogen-bond donors (Lipinski definition) is 2. The summed E-state index contributed by atoms with van der Waals surface area (Å²) in [5.74, 6) is 4.92. The van der Waals surface area contributed by atoms with Crippen LogP contribution in [0.25, 0.3) is 0 Å². The molecule has 0 fully saturated rings. The number of anilines is 1. The summed E-state index contributed by atoms with van der Waals surface area (Å²) in [6.45, 7) is 0. The van der Waals surface area contributed by atoms with Crippen LogP contribution >= 0.6 is 11.8 Å². The third kappa shape index (κ3) is 4.00. The Morgan fingerprint density at radius 1 is 1.06 bits per heavy atom. The van der Waals surface area contributed by atoms with Crippen molar-refractivity contribution in [3.8, 4) is 0 Å². The average Bonchev–Trinajstić information content (AvgIpc) is 2.13. The lowest BCUT2D eigenvalue weighted by Gasteiger charge is -2.13. The second kappa shape index (κ2) is 4.65. The average molecular weight is 276 g/mol. The molecule has 0 aliphatic rings. The van der Waals surface area contributed by atoms with Crippen molar-refractivity contribution in [1.29, 1.82) is 0 Å². The Kier molecular flexibility index (Phi) is 3.82. The van der Waals surface area contributed by atoms with Gasteiger partial charge in [0.25, 0.3) is 0 Å². The smallest absolute Gasteiger partial charge is 0.323 e. The van der Waals surface area contributed by atoms with E-state index in [4.69, 9.17) is 5.84 Å². The number of hydrazine groups is 1. The van der Waals surface area contributed by atoms with Gasteiger partial charge in [-0.25, -0.2) is 0 Å². The number of alkyl halides is 6. The lowest BCUT2D eigenvalue weighted by Crippen LogP contribution is -2.11. The van der Waals surface area contributed by atoms with Crippen molar-refractivity contribution in [1.82, 2.24) is 0 Å². The van der Waals surface area contributed by atoms with E-state index in [1.807, 2.05) is 5.43 Å². The summed E-state index contributed by atoms with van der Waals surface area (Å²) in [6, 6.07) is 1.89. The predicted octanol–water partition coefficient (Wildman–Crippen LogP) is 3.60. The molecule has 3 N–H and O–H groups in total. The van der Waals surface area contributed by atoms with Crippen LogP contribution in [0.4, 0.5) is 32.0 Å². The Morgan fingerprint density at radius 2 is 1.65 bits per heavy atom. The van der Waals surface area contributed by atoms with E-state index >= 15 is 0 Å². The van der Waals surface area contributed by atoms with Crippen molar-refractivity contribution in [3.63, 3.8) is 0 Å². The van der Waals surface area contributed by atoms with Gasteiger partial charge in [0.1, 0.15) is 0 Å². The normalized spacial score (nSPS) is 12.6. The number of nitrogen functional groups attached to an aromatic ring is 1. The minimum Gasteiger partial charge on any atom is -0.323 e. The molecule has 96 valence electrons. The Morgan fingerprint density at radius 3 is 2.06 bits per heavy atom. The summed E-state index contributed by atoms with van der Waals surface area (Å²) in [5, 5.41) is 0. The number of nitrogens with two attached hydrogens (primary N) is 1. The largest absolute Gasteiger partial charge is 0.446 e. The second-order valence-electron chi connectivity index (χ2n) is 2.90. The quantitative estimate of drug-likeness (QED) is 0.375. The van der Waals surface area contributed by atoms with E-state index in [0.29, 0.717) is 12.1 Å². The van der Waals surface area contributed by atoms with Crippen molar-refractivity contribution >= 4 is 17.4 Å². The Balaban J connectivity index is 3.16. The van der Waals surface area contributed by atoms with Crippen LogP contribution in [0.5, 0.6) is 0 Å². The highest BCUT2D eigenvalue weighted by Crippen LogP contribution is 2.42. The van der Waals surface area contributed by atoms with Gasteiger partial charge in [0.2, 0.25) is 0 Å². The van der Waals surface area contributed by atoms with Crippen molar-refractivity contribution in [2.45, 2.75) is 16.6 Å². The zero-order chi connectivity index (χ0) is 13.3. The van der Waals surface area contributed by atoms with Crippen LogP contribution in [-0.4, -0.2) is 5.51 Å². The molecule has 0 radical (unpaired) electrons. The van der Waals surface area contributed by atoms with E-state index in [9.17, 15) is 26.3 Å². The van der Waals surface area contributed by atoms with E-state index in [2.05, 4.69) is 0 Å². The molecule has 2 nitrogen and oxygen atoms in total. The van der Waals surface area contributed by atoms with E-state index < -0.39 is 33.9 Å². The first-order chi connectivity index (χ1) is 7.63. The molecule has 1 rings (SSSR count). The molecule has 0 saturated heterocycles. The summed E-state index contributed by atoms with van der Waals surface area (Å²) in [4.78, 5) is -0.630. The van der Waals surface area contributed by atoms with E-state index in [1.165, 1.54) is 0 Å². The van der Waals surface area contributed by atoms with Crippen molar-refractivity contribution in [3.05, 3.63) is 23.8 Å². The number of thioether (sulfide) groups is 1. The highest BCUT2D eigenvalue weighted by molar-refractivity contribution is 8.00. The molecule has 0 heterocycles. The predicted molar refractivity (Wildman–Crippen MR) is 51.2 cm³/mol. The minimum atomic E-state index is -4.70. The second-order valence-corrected chi connectivity index (χ2v) is 4.01. The van der Waals surface area contributed by atoms with Crippen LogP contribution in [0.1, 0.15) is 5.56 Å². The molecule has 1 aromatic carbocycles. The highest BCUT2D eigenvalue weighted by atomic mass is 32.2. The third-order valence-electron chi connectivity index (χ3n) is 1.69. The molecule has 0 aromatic heterocycles. The molecule has 1 aromatic rings. The Bertz CT molecular complexity index is 400. The first-order valence-corrected chi connectivity index (χ1v) is 4.89. The minimum absolute atomic E-state index is 0.222. The SMILES string of the molecule is NNc1ccc(C(F)(F)F)cc1SC(F)(F)F. The van der Waals surface area contributed by atoms with E-state index in [0.717, 1.165) is 6.07 Å². The fraction of sp³-hybridized carbons (Fsp3) is 0.250. The van der Waals surface area contributed by atoms with Crippen LogP contribution in [0.3, 0.4) is 0 Å². The molecule has 0 spiro atoms. The standard InChI is InChI=1S/C8H6F6N2S/c9-7(10,11)4-1-2-5(16-15)6(3-4)17-8(12,13)14/h1-3,16H,15H2. The summed E-state index contributed by atoms with van der Waals surface area (Å²) < 4.78 is 73.2. The first-order valence-electron chi connectivity index (χ1n) is 4.07. The highest BCUT2D eigenvalue weighted by Gasteiger charge is 2.34. The molecule has 17 heavy (non-hydrogen) atoms. The van der Waals surface area contributed by atoms with Gasteiger partial charge in [0, 0.05) is 4.90 Å². The molecule has 0 aliphatic heterocycles. The van der Waals surface area contributed by atoms with Gasteiger partial charge in [-0.2, -0.15) is 26.3 Å². The monoisotopic (exact) mass is 276 g/mol. The summed E-state index contributed by atoms with van der Waals surface area (Å²) in [6.07, 6.45) is -4.70. The molecule has 0 bridgehead atoms. The fourth-order valence-corrected chi connectivity index (χ4v) is 1.70. The van der Waals surface area contributed by atoms with Crippen molar-refractivity contribution in [2.24, 2.45) is 5.84 Å². The Labute approximate surface area is 96.1 Å². The molecule has 0 aliphatic carbocycles. The third-order valence-corrected chi connectivity index (χ3v) is 2.48. The van der Waals surface area contributed by atoms with Gasteiger partial charge in [-0.3, -0.25) is 5.84 Å². The Hall–Kier alpha value is -1.09. The van der Waals surface area contributed by atoms with Crippen LogP contribution < -0.4 is 11.3 Å². The maximum absolute atomic E-state index is 12.3. The van der Waals surface area contributed by atoms with Gasteiger partial charge in [0.15, 0.2) is 0 Å². The first kappa shape index (κ1) is 14.0. The molecule has 0 amide bonds. The van der Waals surface area contributed by atoms with E-state index in [1.54, 1.807) is 0 Å². The van der Waals surface area contributed by atoms with Crippen LogP contribution in [-0.2, 0) is 6.18 Å². The number of hydrogen-bond acceptors (Lipinski definition) is 3. The number of rotatable bonds is 2. The number of benzene rings is 1. The number of nitrogens with one attached hydrogen (secondary N) is 1. The maximum Gasteiger partial charge on any atom is 0.446 e. The molecular formula is C8H6F6N2S. The molecule has 0 unspecified atom stereocenters. The maximum atomic E-state index is 12.3.